The number of nitro groups is 1. The minimum absolute atomic E-state index is 0.0707. The van der Waals surface area contributed by atoms with Crippen LogP contribution in [-0.4, -0.2) is 52.8 Å². The summed E-state index contributed by atoms with van der Waals surface area (Å²) in [6.07, 6.45) is 0.597. The molecule has 0 saturated carbocycles. The molecule has 32 heavy (non-hydrogen) atoms. The van der Waals surface area contributed by atoms with Crippen molar-refractivity contribution in [1.82, 2.24) is 9.80 Å². The van der Waals surface area contributed by atoms with Gasteiger partial charge in [-0.2, -0.15) is 0 Å². The molecule has 0 radical (unpaired) electrons. The first kappa shape index (κ1) is 23.1. The molecule has 0 fully saturated rings. The first-order valence-corrected chi connectivity index (χ1v) is 10.5. The number of nitrogens with zero attached hydrogens (tertiary/aromatic N) is 3. The summed E-state index contributed by atoms with van der Waals surface area (Å²) in [7, 11) is 1.77. The van der Waals surface area contributed by atoms with Crippen molar-refractivity contribution in [3.05, 3.63) is 81.5 Å². The lowest BCUT2D eigenvalue weighted by atomic mass is 10.0. The highest BCUT2D eigenvalue weighted by atomic mass is 16.6. The highest BCUT2D eigenvalue weighted by Gasteiger charge is 2.40. The SMILES string of the molecule is CC(C)OCCCN1C(=O)C(c2ccc([N+](=O)[O-])cc2)=C(N(C)Cc2ccccc2)C1=O. The average Bonchev–Trinajstić information content (AvgIpc) is 3.01. The molecular formula is C24H27N3O5. The van der Waals surface area contributed by atoms with E-state index in [1.54, 1.807) is 11.9 Å². The number of hydrogen-bond donors (Lipinski definition) is 0. The van der Waals surface area contributed by atoms with Crippen LogP contribution in [0.25, 0.3) is 5.57 Å². The van der Waals surface area contributed by atoms with Crippen molar-refractivity contribution in [2.75, 3.05) is 20.2 Å². The Morgan fingerprint density at radius 1 is 1.03 bits per heavy atom. The van der Waals surface area contributed by atoms with E-state index in [4.69, 9.17) is 4.74 Å². The van der Waals surface area contributed by atoms with Gasteiger partial charge < -0.3 is 9.64 Å². The number of carbonyl (C=O) groups is 2. The molecule has 0 bridgehead atoms. The second kappa shape index (κ2) is 10.2. The van der Waals surface area contributed by atoms with Gasteiger partial charge in [-0.25, -0.2) is 0 Å². The van der Waals surface area contributed by atoms with E-state index < -0.39 is 10.8 Å². The summed E-state index contributed by atoms with van der Waals surface area (Å²) in [5.74, 6) is -0.769. The van der Waals surface area contributed by atoms with Crippen molar-refractivity contribution in [3.8, 4) is 0 Å². The van der Waals surface area contributed by atoms with Crippen LogP contribution in [0.4, 0.5) is 5.69 Å². The van der Waals surface area contributed by atoms with E-state index in [9.17, 15) is 19.7 Å². The standard InChI is InChI=1S/C24H27N3O5/c1-17(2)32-15-7-14-26-23(28)21(19-10-12-20(13-11-19)27(30)31)22(24(26)29)25(3)16-18-8-5-4-6-9-18/h4-6,8-13,17H,7,14-16H2,1-3H3. The van der Waals surface area contributed by atoms with Crippen molar-refractivity contribution in [3.63, 3.8) is 0 Å². The van der Waals surface area contributed by atoms with Crippen LogP contribution in [0.15, 0.2) is 60.3 Å². The second-order valence-corrected chi connectivity index (χ2v) is 7.90. The predicted molar refractivity (Wildman–Crippen MR) is 120 cm³/mol. The van der Waals surface area contributed by atoms with Gasteiger partial charge in [0.25, 0.3) is 17.5 Å². The topological polar surface area (TPSA) is 93.0 Å². The lowest BCUT2D eigenvalue weighted by Crippen LogP contribution is -2.35. The molecule has 2 aromatic rings. The van der Waals surface area contributed by atoms with Crippen molar-refractivity contribution in [1.29, 1.82) is 0 Å². The Bertz CT molecular complexity index is 1020. The normalized spacial score (nSPS) is 13.9. The van der Waals surface area contributed by atoms with Gasteiger partial charge in [-0.05, 0) is 43.5 Å². The molecule has 8 heteroatoms. The molecule has 1 aliphatic heterocycles. The number of non-ortho nitro benzene ring substituents is 1. The molecule has 0 aromatic heterocycles. The predicted octanol–water partition coefficient (Wildman–Crippen LogP) is 3.62. The summed E-state index contributed by atoms with van der Waals surface area (Å²) < 4.78 is 5.54. The van der Waals surface area contributed by atoms with E-state index in [0.717, 1.165) is 5.56 Å². The van der Waals surface area contributed by atoms with Gasteiger partial charge in [0.2, 0.25) is 0 Å². The summed E-state index contributed by atoms with van der Waals surface area (Å²) in [6, 6.07) is 15.4. The molecule has 2 aromatic carbocycles. The quantitative estimate of drug-likeness (QED) is 0.244. The van der Waals surface area contributed by atoms with Crippen LogP contribution in [0, 0.1) is 10.1 Å². The van der Waals surface area contributed by atoms with Gasteiger partial charge in [-0.3, -0.25) is 24.6 Å². The number of ether oxygens (including phenoxy) is 1. The number of amides is 2. The number of rotatable bonds is 10. The molecule has 0 atom stereocenters. The molecule has 0 aliphatic carbocycles. The third-order valence-electron chi connectivity index (χ3n) is 5.13. The summed E-state index contributed by atoms with van der Waals surface area (Å²) in [4.78, 5) is 40.1. The van der Waals surface area contributed by atoms with Crippen molar-refractivity contribution >= 4 is 23.1 Å². The molecule has 1 heterocycles. The molecule has 2 amide bonds. The fraction of sp³-hybridized carbons (Fsp3) is 0.333. The molecule has 0 spiro atoms. The van der Waals surface area contributed by atoms with Gasteiger partial charge in [0.05, 0.1) is 16.6 Å². The van der Waals surface area contributed by atoms with E-state index >= 15 is 0 Å². The van der Waals surface area contributed by atoms with E-state index in [1.165, 1.54) is 29.2 Å². The van der Waals surface area contributed by atoms with Gasteiger partial charge in [0.15, 0.2) is 0 Å². The fourth-order valence-corrected chi connectivity index (χ4v) is 3.61. The zero-order chi connectivity index (χ0) is 23.3. The van der Waals surface area contributed by atoms with Crippen LogP contribution in [0.5, 0.6) is 0 Å². The summed E-state index contributed by atoms with van der Waals surface area (Å²) in [6.45, 7) is 4.98. The largest absolute Gasteiger partial charge is 0.379 e. The van der Waals surface area contributed by atoms with Crippen LogP contribution in [0.1, 0.15) is 31.4 Å². The van der Waals surface area contributed by atoms with Crippen molar-refractivity contribution < 1.29 is 19.2 Å². The van der Waals surface area contributed by atoms with Crippen molar-refractivity contribution in [2.24, 2.45) is 0 Å². The maximum Gasteiger partial charge on any atom is 0.277 e. The second-order valence-electron chi connectivity index (χ2n) is 7.90. The fourth-order valence-electron chi connectivity index (χ4n) is 3.61. The van der Waals surface area contributed by atoms with Crippen LogP contribution in [0.2, 0.25) is 0 Å². The number of likely N-dealkylation sites (N-methyl/N-ethyl adjacent to an activating group) is 1. The number of imide groups is 1. The Balaban J connectivity index is 1.92. The third-order valence-corrected chi connectivity index (χ3v) is 5.13. The van der Waals surface area contributed by atoms with Crippen LogP contribution < -0.4 is 0 Å². The minimum atomic E-state index is -0.497. The molecule has 3 rings (SSSR count). The van der Waals surface area contributed by atoms with Gasteiger partial charge in [0, 0.05) is 38.9 Å². The third kappa shape index (κ3) is 5.20. The van der Waals surface area contributed by atoms with E-state index in [2.05, 4.69) is 0 Å². The maximum atomic E-state index is 13.3. The monoisotopic (exact) mass is 437 g/mol. The number of carbonyl (C=O) groups excluding carboxylic acids is 2. The first-order chi connectivity index (χ1) is 15.3. The molecule has 8 nitrogen and oxygen atoms in total. The van der Waals surface area contributed by atoms with E-state index in [0.29, 0.717) is 25.1 Å². The summed E-state index contributed by atoms with van der Waals surface area (Å²) in [5.41, 5.74) is 1.94. The Labute approximate surface area is 187 Å². The number of hydrogen-bond acceptors (Lipinski definition) is 6. The molecule has 168 valence electrons. The van der Waals surface area contributed by atoms with Crippen LogP contribution in [-0.2, 0) is 20.9 Å². The Kier molecular flexibility index (Phi) is 7.37. The summed E-state index contributed by atoms with van der Waals surface area (Å²) in [5, 5.41) is 11.0. The number of nitro benzene ring substituents is 1. The highest BCUT2D eigenvalue weighted by Crippen LogP contribution is 2.32. The molecule has 0 saturated heterocycles. The van der Waals surface area contributed by atoms with E-state index in [1.807, 2.05) is 44.2 Å². The van der Waals surface area contributed by atoms with E-state index in [-0.39, 0.29) is 35.5 Å². The Morgan fingerprint density at radius 3 is 2.28 bits per heavy atom. The van der Waals surface area contributed by atoms with Crippen LogP contribution >= 0.6 is 0 Å². The molecule has 0 N–H and O–H groups in total. The van der Waals surface area contributed by atoms with Crippen molar-refractivity contribution in [2.45, 2.75) is 32.9 Å². The lowest BCUT2D eigenvalue weighted by molar-refractivity contribution is -0.384. The maximum absolute atomic E-state index is 13.3. The number of benzene rings is 2. The Hall–Kier alpha value is -3.52. The zero-order valence-electron chi connectivity index (χ0n) is 18.5. The van der Waals surface area contributed by atoms with Gasteiger partial charge in [0.1, 0.15) is 5.70 Å². The van der Waals surface area contributed by atoms with Crippen LogP contribution in [0.3, 0.4) is 0 Å². The zero-order valence-corrected chi connectivity index (χ0v) is 18.5. The first-order valence-electron chi connectivity index (χ1n) is 10.5. The van der Waals surface area contributed by atoms with Gasteiger partial charge >= 0.3 is 0 Å². The highest BCUT2D eigenvalue weighted by molar-refractivity contribution is 6.35. The average molecular weight is 437 g/mol. The molecular weight excluding hydrogens is 410 g/mol. The van der Waals surface area contributed by atoms with Gasteiger partial charge in [-0.1, -0.05) is 30.3 Å². The molecule has 1 aliphatic rings. The van der Waals surface area contributed by atoms with Gasteiger partial charge in [-0.15, -0.1) is 0 Å². The molecule has 0 unspecified atom stereocenters. The lowest BCUT2D eigenvalue weighted by Gasteiger charge is -2.21. The summed E-state index contributed by atoms with van der Waals surface area (Å²) >= 11 is 0. The smallest absolute Gasteiger partial charge is 0.277 e. The minimum Gasteiger partial charge on any atom is -0.379 e. The Morgan fingerprint density at radius 2 is 1.69 bits per heavy atom.